The van der Waals surface area contributed by atoms with Crippen molar-refractivity contribution in [3.63, 3.8) is 0 Å². The van der Waals surface area contributed by atoms with Crippen LogP contribution in [0.4, 0.5) is 4.39 Å². The third-order valence-corrected chi connectivity index (χ3v) is 5.50. The lowest BCUT2D eigenvalue weighted by atomic mass is 9.78. The van der Waals surface area contributed by atoms with Gasteiger partial charge in [-0.1, -0.05) is 0 Å². The van der Waals surface area contributed by atoms with Crippen molar-refractivity contribution in [2.75, 3.05) is 6.61 Å². The predicted molar refractivity (Wildman–Crippen MR) is 72.1 cm³/mol. The molecule has 1 fully saturated rings. The second-order valence-corrected chi connectivity index (χ2v) is 6.93. The summed E-state index contributed by atoms with van der Waals surface area (Å²) >= 11 is 0. The van der Waals surface area contributed by atoms with Crippen LogP contribution in [0, 0.1) is 12.7 Å². The average Bonchev–Trinajstić information content (AvgIpc) is 2.36. The second-order valence-electron chi connectivity index (χ2n) is 5.28. The zero-order chi connectivity index (χ0) is 15.8. The number of aliphatic hydroxyl groups is 1. The molecule has 1 saturated carbocycles. The molecule has 0 amide bonds. The van der Waals surface area contributed by atoms with Crippen LogP contribution in [-0.4, -0.2) is 36.7 Å². The summed E-state index contributed by atoms with van der Waals surface area (Å²) in [5.41, 5.74) is -1.52. The van der Waals surface area contributed by atoms with Gasteiger partial charge in [0.25, 0.3) is 0 Å². The SMILES string of the molecule is Cc1c(F)cc(C(=O)O)cc1S(=O)(=O)NC1(CO)CCC1. The lowest BCUT2D eigenvalue weighted by molar-refractivity contribution is 0.0696. The van der Waals surface area contributed by atoms with Crippen LogP contribution >= 0.6 is 0 Å². The number of carboxylic acids is 1. The minimum Gasteiger partial charge on any atom is -0.478 e. The molecule has 0 radical (unpaired) electrons. The highest BCUT2D eigenvalue weighted by Gasteiger charge is 2.40. The first-order chi connectivity index (χ1) is 9.71. The van der Waals surface area contributed by atoms with Gasteiger partial charge in [0.1, 0.15) is 5.82 Å². The molecule has 0 saturated heterocycles. The quantitative estimate of drug-likeness (QED) is 0.752. The van der Waals surface area contributed by atoms with E-state index in [0.717, 1.165) is 18.6 Å². The van der Waals surface area contributed by atoms with Gasteiger partial charge in [-0.2, -0.15) is 0 Å². The molecular weight excluding hydrogens is 301 g/mol. The van der Waals surface area contributed by atoms with Gasteiger partial charge >= 0.3 is 5.97 Å². The van der Waals surface area contributed by atoms with E-state index in [2.05, 4.69) is 4.72 Å². The summed E-state index contributed by atoms with van der Waals surface area (Å²) in [4.78, 5) is 10.5. The maximum Gasteiger partial charge on any atom is 0.335 e. The molecule has 0 aromatic heterocycles. The van der Waals surface area contributed by atoms with Gasteiger partial charge in [-0.05, 0) is 38.3 Å². The van der Waals surface area contributed by atoms with Crippen molar-refractivity contribution in [3.05, 3.63) is 29.1 Å². The summed E-state index contributed by atoms with van der Waals surface area (Å²) in [5, 5.41) is 18.2. The third-order valence-electron chi connectivity index (χ3n) is 3.80. The van der Waals surface area contributed by atoms with E-state index in [1.54, 1.807) is 0 Å². The molecule has 2 rings (SSSR count). The summed E-state index contributed by atoms with van der Waals surface area (Å²) in [6.07, 6.45) is 1.76. The van der Waals surface area contributed by atoms with Crippen molar-refractivity contribution in [3.8, 4) is 0 Å². The minimum atomic E-state index is -4.11. The molecule has 21 heavy (non-hydrogen) atoms. The van der Waals surface area contributed by atoms with Crippen LogP contribution < -0.4 is 4.72 Å². The summed E-state index contributed by atoms with van der Waals surface area (Å²) in [6, 6.07) is 1.70. The average molecular weight is 317 g/mol. The number of hydrogen-bond donors (Lipinski definition) is 3. The van der Waals surface area contributed by atoms with Gasteiger partial charge in [0.2, 0.25) is 10.0 Å². The van der Waals surface area contributed by atoms with Crippen LogP contribution in [0.25, 0.3) is 0 Å². The lowest BCUT2D eigenvalue weighted by Crippen LogP contribution is -2.56. The maximum absolute atomic E-state index is 13.7. The summed E-state index contributed by atoms with van der Waals surface area (Å²) in [6.45, 7) is 0.911. The zero-order valence-corrected chi connectivity index (χ0v) is 12.2. The van der Waals surface area contributed by atoms with Crippen LogP contribution in [0.15, 0.2) is 17.0 Å². The van der Waals surface area contributed by atoms with Gasteiger partial charge in [0, 0.05) is 5.56 Å². The maximum atomic E-state index is 13.7. The number of carboxylic acid groups (broad SMARTS) is 1. The van der Waals surface area contributed by atoms with Crippen LogP contribution in [0.2, 0.25) is 0 Å². The van der Waals surface area contributed by atoms with Gasteiger partial charge in [-0.3, -0.25) is 0 Å². The molecule has 3 N–H and O–H groups in total. The van der Waals surface area contributed by atoms with Crippen LogP contribution in [0.1, 0.15) is 35.2 Å². The molecule has 1 aromatic rings. The largest absolute Gasteiger partial charge is 0.478 e. The van der Waals surface area contributed by atoms with Crippen molar-refractivity contribution >= 4 is 16.0 Å². The van der Waals surface area contributed by atoms with E-state index in [-0.39, 0.29) is 12.2 Å². The fourth-order valence-corrected chi connectivity index (χ4v) is 4.02. The Balaban J connectivity index is 2.46. The molecule has 0 spiro atoms. The van der Waals surface area contributed by atoms with Crippen molar-refractivity contribution < 1.29 is 27.8 Å². The van der Waals surface area contributed by atoms with E-state index in [1.807, 2.05) is 0 Å². The number of carbonyl (C=O) groups is 1. The van der Waals surface area contributed by atoms with E-state index in [9.17, 15) is 22.7 Å². The first-order valence-electron chi connectivity index (χ1n) is 6.39. The van der Waals surface area contributed by atoms with E-state index in [4.69, 9.17) is 5.11 Å². The van der Waals surface area contributed by atoms with Gasteiger partial charge in [-0.15, -0.1) is 0 Å². The predicted octanol–water partition coefficient (Wildman–Crippen LogP) is 1.03. The van der Waals surface area contributed by atoms with Crippen LogP contribution in [0.3, 0.4) is 0 Å². The Morgan fingerprint density at radius 1 is 1.43 bits per heavy atom. The molecule has 0 bridgehead atoms. The molecule has 8 heteroatoms. The Hall–Kier alpha value is -1.51. The number of hydrogen-bond acceptors (Lipinski definition) is 4. The van der Waals surface area contributed by atoms with E-state index in [1.165, 1.54) is 6.92 Å². The van der Waals surface area contributed by atoms with Crippen molar-refractivity contribution in [2.45, 2.75) is 36.6 Å². The number of benzene rings is 1. The molecule has 6 nitrogen and oxygen atoms in total. The first-order valence-corrected chi connectivity index (χ1v) is 7.87. The Labute approximate surface area is 121 Å². The van der Waals surface area contributed by atoms with Crippen molar-refractivity contribution in [1.82, 2.24) is 4.72 Å². The normalized spacial score (nSPS) is 17.3. The summed E-state index contributed by atoms with van der Waals surface area (Å²) < 4.78 is 40.8. The Morgan fingerprint density at radius 2 is 2.05 bits per heavy atom. The molecule has 0 atom stereocenters. The molecule has 0 unspecified atom stereocenters. The van der Waals surface area contributed by atoms with Gasteiger partial charge in [0.05, 0.1) is 22.6 Å². The van der Waals surface area contributed by atoms with Crippen molar-refractivity contribution in [1.29, 1.82) is 0 Å². The fourth-order valence-electron chi connectivity index (χ4n) is 2.29. The Kier molecular flexibility index (Phi) is 4.05. The second kappa shape index (κ2) is 5.36. The fraction of sp³-hybridized carbons (Fsp3) is 0.462. The number of sulfonamides is 1. The highest BCUT2D eigenvalue weighted by molar-refractivity contribution is 7.89. The monoisotopic (exact) mass is 317 g/mol. The van der Waals surface area contributed by atoms with Crippen molar-refractivity contribution in [2.24, 2.45) is 0 Å². The molecular formula is C13H16FNO5S. The number of aromatic carboxylic acids is 1. The lowest BCUT2D eigenvalue weighted by Gasteiger charge is -2.40. The van der Waals surface area contributed by atoms with E-state index < -0.39 is 37.8 Å². The number of aliphatic hydroxyl groups excluding tert-OH is 1. The topological polar surface area (TPSA) is 104 Å². The summed E-state index contributed by atoms with van der Waals surface area (Å²) in [5.74, 6) is -2.31. The smallest absolute Gasteiger partial charge is 0.335 e. The highest BCUT2D eigenvalue weighted by Crippen LogP contribution is 2.33. The molecule has 1 aliphatic carbocycles. The third kappa shape index (κ3) is 2.92. The van der Waals surface area contributed by atoms with Crippen LogP contribution in [-0.2, 0) is 10.0 Å². The van der Waals surface area contributed by atoms with Crippen LogP contribution in [0.5, 0.6) is 0 Å². The molecule has 1 aromatic carbocycles. The van der Waals surface area contributed by atoms with E-state index in [0.29, 0.717) is 12.8 Å². The summed E-state index contributed by atoms with van der Waals surface area (Å²) in [7, 11) is -4.11. The number of rotatable bonds is 5. The number of nitrogens with one attached hydrogen (secondary N) is 1. The standard InChI is InChI=1S/C13H16FNO5S/c1-8-10(14)5-9(12(17)18)6-11(8)21(19,20)15-13(7-16)3-2-4-13/h5-6,15-16H,2-4,7H2,1H3,(H,17,18). The number of halogens is 1. The Morgan fingerprint density at radius 3 is 2.48 bits per heavy atom. The zero-order valence-electron chi connectivity index (χ0n) is 11.4. The molecule has 0 heterocycles. The molecule has 116 valence electrons. The van der Waals surface area contributed by atoms with Gasteiger partial charge in [0.15, 0.2) is 0 Å². The molecule has 1 aliphatic rings. The van der Waals surface area contributed by atoms with Gasteiger partial charge in [-0.25, -0.2) is 22.3 Å². The molecule has 0 aliphatic heterocycles. The Bertz CT molecular complexity index is 677. The minimum absolute atomic E-state index is 0.153. The van der Waals surface area contributed by atoms with E-state index >= 15 is 0 Å². The van der Waals surface area contributed by atoms with Gasteiger partial charge < -0.3 is 10.2 Å². The highest BCUT2D eigenvalue weighted by atomic mass is 32.2. The first kappa shape index (κ1) is 15.9.